The summed E-state index contributed by atoms with van der Waals surface area (Å²) in [6, 6.07) is 0.196. The molecule has 1 atom stereocenters. The van der Waals surface area contributed by atoms with E-state index in [2.05, 4.69) is 40.1 Å². The first-order valence-corrected chi connectivity index (χ1v) is 6.51. The molecule has 0 saturated carbocycles. The Morgan fingerprint density at radius 2 is 2.31 bits per heavy atom. The van der Waals surface area contributed by atoms with Crippen LogP contribution >= 0.6 is 15.9 Å². The van der Waals surface area contributed by atoms with Crippen LogP contribution in [0.5, 0.6) is 0 Å². The molecule has 0 aromatic carbocycles. The van der Waals surface area contributed by atoms with Gasteiger partial charge in [-0.25, -0.2) is 4.98 Å². The average molecular weight is 288 g/mol. The molecule has 1 aromatic rings. The molecular formula is C11H18BrN3O. The molecular weight excluding hydrogens is 270 g/mol. The lowest BCUT2D eigenvalue weighted by Gasteiger charge is -2.21. The number of aromatic nitrogens is 2. The van der Waals surface area contributed by atoms with Crippen LogP contribution in [0.1, 0.15) is 30.8 Å². The minimum absolute atomic E-state index is 0.0559. The maximum atomic E-state index is 11.9. The van der Waals surface area contributed by atoms with Gasteiger partial charge in [0.1, 0.15) is 5.69 Å². The van der Waals surface area contributed by atoms with Gasteiger partial charge in [0.05, 0.1) is 12.5 Å². The molecule has 0 aliphatic heterocycles. The maximum absolute atomic E-state index is 11.9. The summed E-state index contributed by atoms with van der Waals surface area (Å²) in [6.45, 7) is 4.22. The van der Waals surface area contributed by atoms with Gasteiger partial charge in [-0.3, -0.25) is 4.79 Å². The van der Waals surface area contributed by atoms with Crippen molar-refractivity contribution in [2.24, 2.45) is 13.0 Å². The lowest BCUT2D eigenvalue weighted by molar-refractivity contribution is 0.0916. The number of halogens is 1. The highest BCUT2D eigenvalue weighted by molar-refractivity contribution is 9.09. The molecule has 0 aliphatic rings. The Balaban J connectivity index is 2.65. The molecule has 1 rings (SSSR count). The van der Waals surface area contributed by atoms with E-state index >= 15 is 0 Å². The van der Waals surface area contributed by atoms with E-state index in [0.717, 1.165) is 11.8 Å². The van der Waals surface area contributed by atoms with Gasteiger partial charge in [0.15, 0.2) is 0 Å². The molecule has 0 aliphatic carbocycles. The maximum Gasteiger partial charge on any atom is 0.269 e. The Bertz CT molecular complexity index is 349. The second-order valence-corrected chi connectivity index (χ2v) is 4.98. The molecule has 4 nitrogen and oxygen atoms in total. The average Bonchev–Trinajstić information content (AvgIpc) is 2.63. The van der Waals surface area contributed by atoms with Crippen molar-refractivity contribution < 1.29 is 4.79 Å². The zero-order chi connectivity index (χ0) is 12.1. The van der Waals surface area contributed by atoms with E-state index in [1.807, 2.05) is 7.05 Å². The summed E-state index contributed by atoms with van der Waals surface area (Å²) in [4.78, 5) is 15.9. The van der Waals surface area contributed by atoms with E-state index in [0.29, 0.717) is 11.6 Å². The zero-order valence-corrected chi connectivity index (χ0v) is 11.5. The fraction of sp³-hybridized carbons (Fsp3) is 0.636. The number of carbonyl (C=O) groups excluding carboxylic acids is 1. The summed E-state index contributed by atoms with van der Waals surface area (Å²) < 4.78 is 1.72. The normalized spacial score (nSPS) is 12.8. The van der Waals surface area contributed by atoms with Gasteiger partial charge in [0, 0.05) is 18.4 Å². The predicted octanol–water partition coefficient (Wildman–Crippen LogP) is 1.96. The topological polar surface area (TPSA) is 46.9 Å². The second-order valence-electron chi connectivity index (χ2n) is 4.19. The minimum Gasteiger partial charge on any atom is -0.348 e. The molecule has 1 amide bonds. The van der Waals surface area contributed by atoms with E-state index in [1.165, 1.54) is 0 Å². The first kappa shape index (κ1) is 13.2. The summed E-state index contributed by atoms with van der Waals surface area (Å²) >= 11 is 3.40. The zero-order valence-electron chi connectivity index (χ0n) is 9.90. The molecule has 0 radical (unpaired) electrons. The number of imidazole rings is 1. The van der Waals surface area contributed by atoms with Gasteiger partial charge >= 0.3 is 0 Å². The molecule has 0 saturated heterocycles. The number of alkyl halides is 1. The van der Waals surface area contributed by atoms with Crippen LogP contribution < -0.4 is 5.32 Å². The highest BCUT2D eigenvalue weighted by atomic mass is 79.9. The molecule has 0 bridgehead atoms. The smallest absolute Gasteiger partial charge is 0.269 e. The SMILES string of the molecule is CC(C)C(CCBr)NC(=O)c1cncn1C. The monoisotopic (exact) mass is 287 g/mol. The van der Waals surface area contributed by atoms with Crippen molar-refractivity contribution in [3.05, 3.63) is 18.2 Å². The number of carbonyl (C=O) groups is 1. The van der Waals surface area contributed by atoms with Crippen molar-refractivity contribution >= 4 is 21.8 Å². The van der Waals surface area contributed by atoms with E-state index < -0.39 is 0 Å². The van der Waals surface area contributed by atoms with Gasteiger partial charge in [-0.2, -0.15) is 0 Å². The third kappa shape index (κ3) is 3.33. The van der Waals surface area contributed by atoms with E-state index in [1.54, 1.807) is 17.1 Å². The van der Waals surface area contributed by atoms with Crippen molar-refractivity contribution in [3.63, 3.8) is 0 Å². The highest BCUT2D eigenvalue weighted by Crippen LogP contribution is 2.09. The number of hydrogen-bond acceptors (Lipinski definition) is 2. The van der Waals surface area contributed by atoms with Crippen molar-refractivity contribution in [2.75, 3.05) is 5.33 Å². The molecule has 16 heavy (non-hydrogen) atoms. The third-order valence-corrected chi connectivity index (χ3v) is 3.05. The van der Waals surface area contributed by atoms with Gasteiger partial charge in [0.25, 0.3) is 5.91 Å². The number of hydrogen-bond donors (Lipinski definition) is 1. The van der Waals surface area contributed by atoms with Crippen LogP contribution in [0.15, 0.2) is 12.5 Å². The van der Waals surface area contributed by atoms with E-state index in [-0.39, 0.29) is 11.9 Å². The second kappa shape index (κ2) is 6.03. The Hall–Kier alpha value is -0.840. The predicted molar refractivity (Wildman–Crippen MR) is 67.7 cm³/mol. The lowest BCUT2D eigenvalue weighted by Crippen LogP contribution is -2.39. The van der Waals surface area contributed by atoms with Crippen LogP contribution in [0.4, 0.5) is 0 Å². The van der Waals surface area contributed by atoms with Gasteiger partial charge in [-0.15, -0.1) is 0 Å². The standard InChI is InChI=1S/C11H18BrN3O/c1-8(2)9(4-5-12)14-11(16)10-6-13-7-15(10)3/h6-9H,4-5H2,1-3H3,(H,14,16). The Morgan fingerprint density at radius 1 is 1.62 bits per heavy atom. The number of nitrogens with zero attached hydrogens (tertiary/aromatic N) is 2. The molecule has 0 fully saturated rings. The van der Waals surface area contributed by atoms with Crippen LogP contribution in [0.25, 0.3) is 0 Å². The van der Waals surface area contributed by atoms with Gasteiger partial charge in [-0.1, -0.05) is 29.8 Å². The van der Waals surface area contributed by atoms with Crippen molar-refractivity contribution in [1.29, 1.82) is 0 Å². The Kier molecular flexibility index (Phi) is 4.99. The van der Waals surface area contributed by atoms with Crippen molar-refractivity contribution in [2.45, 2.75) is 26.3 Å². The number of rotatable bonds is 5. The first-order valence-electron chi connectivity index (χ1n) is 5.39. The third-order valence-electron chi connectivity index (χ3n) is 2.59. The highest BCUT2D eigenvalue weighted by Gasteiger charge is 2.18. The number of nitrogens with one attached hydrogen (secondary N) is 1. The van der Waals surface area contributed by atoms with Crippen LogP contribution in [-0.4, -0.2) is 26.8 Å². The minimum atomic E-state index is -0.0559. The molecule has 1 unspecified atom stereocenters. The van der Waals surface area contributed by atoms with Gasteiger partial charge in [0.2, 0.25) is 0 Å². The van der Waals surface area contributed by atoms with E-state index in [4.69, 9.17) is 0 Å². The summed E-state index contributed by atoms with van der Waals surface area (Å²) in [5.41, 5.74) is 0.597. The molecule has 0 spiro atoms. The molecule has 1 N–H and O–H groups in total. The van der Waals surface area contributed by atoms with Gasteiger partial charge < -0.3 is 9.88 Å². The van der Waals surface area contributed by atoms with Crippen molar-refractivity contribution in [3.8, 4) is 0 Å². The quantitative estimate of drug-likeness (QED) is 0.842. The molecule has 1 heterocycles. The fourth-order valence-corrected chi connectivity index (χ4v) is 2.00. The van der Waals surface area contributed by atoms with Crippen LogP contribution in [0.2, 0.25) is 0 Å². The molecule has 1 aromatic heterocycles. The summed E-state index contributed by atoms with van der Waals surface area (Å²) in [5, 5.41) is 3.92. The summed E-state index contributed by atoms with van der Waals surface area (Å²) in [7, 11) is 1.82. The van der Waals surface area contributed by atoms with Crippen LogP contribution in [0, 0.1) is 5.92 Å². The largest absolute Gasteiger partial charge is 0.348 e. The Labute approximate surface area is 105 Å². The van der Waals surface area contributed by atoms with Crippen LogP contribution in [-0.2, 0) is 7.05 Å². The molecule has 90 valence electrons. The lowest BCUT2D eigenvalue weighted by atomic mass is 10.0. The fourth-order valence-electron chi connectivity index (χ4n) is 1.51. The number of amides is 1. The summed E-state index contributed by atoms with van der Waals surface area (Å²) in [6.07, 6.45) is 4.14. The first-order chi connectivity index (χ1) is 7.56. The van der Waals surface area contributed by atoms with Crippen LogP contribution in [0.3, 0.4) is 0 Å². The number of aryl methyl sites for hydroxylation is 1. The Morgan fingerprint density at radius 3 is 2.75 bits per heavy atom. The van der Waals surface area contributed by atoms with Crippen molar-refractivity contribution in [1.82, 2.24) is 14.9 Å². The molecule has 5 heteroatoms. The summed E-state index contributed by atoms with van der Waals surface area (Å²) in [5.74, 6) is 0.370. The van der Waals surface area contributed by atoms with Gasteiger partial charge in [-0.05, 0) is 12.3 Å². The van der Waals surface area contributed by atoms with E-state index in [9.17, 15) is 4.79 Å².